The van der Waals surface area contributed by atoms with Crippen LogP contribution < -0.4 is 0 Å². The summed E-state index contributed by atoms with van der Waals surface area (Å²) in [6.07, 6.45) is 3.43. The van der Waals surface area contributed by atoms with E-state index in [1.807, 2.05) is 25.1 Å². The van der Waals surface area contributed by atoms with Crippen molar-refractivity contribution in [1.29, 1.82) is 0 Å². The van der Waals surface area contributed by atoms with Gasteiger partial charge in [0.25, 0.3) is 0 Å². The predicted molar refractivity (Wildman–Crippen MR) is 57.3 cm³/mol. The topological polar surface area (TPSA) is 25.8 Å². The largest absolute Gasteiger partial charge is 0.257 e. The molecule has 0 saturated heterocycles. The number of hydrogen-bond acceptors (Lipinski definition) is 3. The first-order valence-electron chi connectivity index (χ1n) is 4.37. The van der Waals surface area contributed by atoms with Gasteiger partial charge >= 0.3 is 0 Å². The molecule has 2 rings (SSSR count). The van der Waals surface area contributed by atoms with Crippen molar-refractivity contribution in [3.05, 3.63) is 48.4 Å². The number of aromatic nitrogens is 2. The van der Waals surface area contributed by atoms with Crippen LogP contribution in [-0.4, -0.2) is 9.97 Å². The molecule has 1 aromatic heterocycles. The third kappa shape index (κ3) is 2.12. The van der Waals surface area contributed by atoms with E-state index in [-0.39, 0.29) is 0 Å². The summed E-state index contributed by atoms with van der Waals surface area (Å²) in [5.74, 6) is 0. The second kappa shape index (κ2) is 4.24. The van der Waals surface area contributed by atoms with Gasteiger partial charge in [-0.05, 0) is 19.1 Å². The Balaban J connectivity index is 2.24. The summed E-state index contributed by atoms with van der Waals surface area (Å²) in [5, 5.41) is 0.971. The molecule has 0 aliphatic heterocycles. The Kier molecular flexibility index (Phi) is 2.79. The second-order valence-corrected chi connectivity index (χ2v) is 3.92. The van der Waals surface area contributed by atoms with Gasteiger partial charge in [-0.2, -0.15) is 0 Å². The van der Waals surface area contributed by atoms with Crippen LogP contribution in [0, 0.1) is 6.92 Å². The van der Waals surface area contributed by atoms with Gasteiger partial charge in [0.15, 0.2) is 0 Å². The van der Waals surface area contributed by atoms with Crippen LogP contribution in [0.15, 0.2) is 52.6 Å². The van der Waals surface area contributed by atoms with E-state index in [1.54, 1.807) is 24.2 Å². The molecule has 0 saturated carbocycles. The van der Waals surface area contributed by atoms with Crippen LogP contribution in [0.2, 0.25) is 0 Å². The molecule has 0 spiro atoms. The van der Waals surface area contributed by atoms with E-state index >= 15 is 0 Å². The van der Waals surface area contributed by atoms with E-state index < -0.39 is 0 Å². The quantitative estimate of drug-likeness (QED) is 0.748. The van der Waals surface area contributed by atoms with Crippen LogP contribution in [0.3, 0.4) is 0 Å². The van der Waals surface area contributed by atoms with Crippen molar-refractivity contribution in [2.75, 3.05) is 0 Å². The summed E-state index contributed by atoms with van der Waals surface area (Å²) in [7, 11) is 0. The standard InChI is InChI=1S/C11H10N2S/c1-9-11(13-8-7-12-9)14-10-5-3-2-4-6-10/h2-8H,1H3. The maximum atomic E-state index is 4.27. The number of rotatable bonds is 2. The molecule has 0 unspecified atom stereocenters. The average molecular weight is 202 g/mol. The lowest BCUT2D eigenvalue weighted by Gasteiger charge is -2.01. The first kappa shape index (κ1) is 9.21. The zero-order valence-corrected chi connectivity index (χ0v) is 8.66. The normalized spacial score (nSPS) is 10.1. The molecule has 0 fully saturated rings. The molecule has 1 aromatic carbocycles. The minimum absolute atomic E-state index is 0.971. The number of hydrogen-bond donors (Lipinski definition) is 0. The third-order valence-electron chi connectivity index (χ3n) is 1.79. The Labute approximate surface area is 87.4 Å². The Bertz CT molecular complexity index is 415. The van der Waals surface area contributed by atoms with E-state index in [2.05, 4.69) is 22.1 Å². The van der Waals surface area contributed by atoms with Crippen molar-refractivity contribution < 1.29 is 0 Å². The lowest BCUT2D eigenvalue weighted by molar-refractivity contribution is 0.986. The van der Waals surface area contributed by atoms with Crippen LogP contribution in [0.4, 0.5) is 0 Å². The fourth-order valence-electron chi connectivity index (χ4n) is 1.10. The molecule has 0 atom stereocenters. The van der Waals surface area contributed by atoms with E-state index in [0.29, 0.717) is 0 Å². The third-order valence-corrected chi connectivity index (χ3v) is 2.90. The number of benzene rings is 1. The summed E-state index contributed by atoms with van der Waals surface area (Å²) < 4.78 is 0. The molecular formula is C11H10N2S. The van der Waals surface area contributed by atoms with Crippen molar-refractivity contribution in [2.45, 2.75) is 16.8 Å². The highest BCUT2D eigenvalue weighted by molar-refractivity contribution is 7.99. The molecule has 3 heteroatoms. The summed E-state index contributed by atoms with van der Waals surface area (Å²) in [6.45, 7) is 1.97. The summed E-state index contributed by atoms with van der Waals surface area (Å²) in [5.41, 5.74) is 0.973. The maximum Gasteiger partial charge on any atom is 0.122 e. The van der Waals surface area contributed by atoms with Crippen molar-refractivity contribution in [1.82, 2.24) is 9.97 Å². The van der Waals surface area contributed by atoms with Crippen LogP contribution in [-0.2, 0) is 0 Å². The van der Waals surface area contributed by atoms with Crippen LogP contribution >= 0.6 is 11.8 Å². The molecule has 0 aliphatic carbocycles. The molecular weight excluding hydrogens is 192 g/mol. The van der Waals surface area contributed by atoms with E-state index in [1.165, 1.54) is 4.90 Å². The lowest BCUT2D eigenvalue weighted by Crippen LogP contribution is -1.87. The zero-order valence-electron chi connectivity index (χ0n) is 7.84. The van der Waals surface area contributed by atoms with Crippen LogP contribution in [0.25, 0.3) is 0 Å². The highest BCUT2D eigenvalue weighted by Crippen LogP contribution is 2.26. The molecule has 0 bridgehead atoms. The summed E-state index contributed by atoms with van der Waals surface area (Å²) >= 11 is 1.64. The molecule has 0 aliphatic rings. The van der Waals surface area contributed by atoms with Gasteiger partial charge < -0.3 is 0 Å². The average Bonchev–Trinajstić information content (AvgIpc) is 2.23. The van der Waals surface area contributed by atoms with Gasteiger partial charge in [0.2, 0.25) is 0 Å². The highest BCUT2D eigenvalue weighted by Gasteiger charge is 2.01. The fourth-order valence-corrected chi connectivity index (χ4v) is 1.93. The Morgan fingerprint density at radius 2 is 1.71 bits per heavy atom. The van der Waals surface area contributed by atoms with Gasteiger partial charge in [-0.1, -0.05) is 30.0 Å². The van der Waals surface area contributed by atoms with Crippen molar-refractivity contribution in [3.8, 4) is 0 Å². The molecule has 0 radical (unpaired) electrons. The SMILES string of the molecule is Cc1nccnc1Sc1ccccc1. The summed E-state index contributed by atoms with van der Waals surface area (Å²) in [6, 6.07) is 10.2. The predicted octanol–water partition coefficient (Wildman–Crippen LogP) is 2.94. The first-order chi connectivity index (χ1) is 6.86. The van der Waals surface area contributed by atoms with Crippen LogP contribution in [0.1, 0.15) is 5.69 Å². The highest BCUT2D eigenvalue weighted by atomic mass is 32.2. The van der Waals surface area contributed by atoms with Crippen molar-refractivity contribution >= 4 is 11.8 Å². The van der Waals surface area contributed by atoms with E-state index in [0.717, 1.165) is 10.7 Å². The van der Waals surface area contributed by atoms with E-state index in [9.17, 15) is 0 Å². The van der Waals surface area contributed by atoms with Crippen molar-refractivity contribution in [2.24, 2.45) is 0 Å². The molecule has 0 N–H and O–H groups in total. The smallest absolute Gasteiger partial charge is 0.122 e. The second-order valence-electron chi connectivity index (χ2n) is 2.86. The monoisotopic (exact) mass is 202 g/mol. The minimum Gasteiger partial charge on any atom is -0.257 e. The Morgan fingerprint density at radius 1 is 1.00 bits per heavy atom. The van der Waals surface area contributed by atoms with Gasteiger partial charge in [0.05, 0.1) is 5.69 Å². The van der Waals surface area contributed by atoms with E-state index in [4.69, 9.17) is 0 Å². The minimum atomic E-state index is 0.971. The van der Waals surface area contributed by atoms with Crippen LogP contribution in [0.5, 0.6) is 0 Å². The van der Waals surface area contributed by atoms with Gasteiger partial charge in [0, 0.05) is 17.3 Å². The molecule has 0 amide bonds. The van der Waals surface area contributed by atoms with Gasteiger partial charge in [-0.3, -0.25) is 4.98 Å². The fraction of sp³-hybridized carbons (Fsp3) is 0.0909. The zero-order chi connectivity index (χ0) is 9.80. The molecule has 70 valence electrons. The molecule has 2 nitrogen and oxygen atoms in total. The molecule has 1 heterocycles. The number of nitrogens with zero attached hydrogens (tertiary/aromatic N) is 2. The first-order valence-corrected chi connectivity index (χ1v) is 5.18. The lowest BCUT2D eigenvalue weighted by atomic mass is 10.4. The van der Waals surface area contributed by atoms with Gasteiger partial charge in [-0.15, -0.1) is 0 Å². The Morgan fingerprint density at radius 3 is 2.43 bits per heavy atom. The van der Waals surface area contributed by atoms with Crippen molar-refractivity contribution in [3.63, 3.8) is 0 Å². The summed E-state index contributed by atoms with van der Waals surface area (Å²) in [4.78, 5) is 9.66. The molecule has 2 aromatic rings. The number of aryl methyl sites for hydroxylation is 1. The Hall–Kier alpha value is -1.35. The maximum absolute atomic E-state index is 4.27. The van der Waals surface area contributed by atoms with Gasteiger partial charge in [0.1, 0.15) is 5.03 Å². The molecule has 14 heavy (non-hydrogen) atoms. The van der Waals surface area contributed by atoms with Gasteiger partial charge in [-0.25, -0.2) is 4.98 Å².